The van der Waals surface area contributed by atoms with Crippen LogP contribution in [-0.4, -0.2) is 72.2 Å². The van der Waals surface area contributed by atoms with Gasteiger partial charge >= 0.3 is 0 Å². The van der Waals surface area contributed by atoms with Gasteiger partial charge in [-0.2, -0.15) is 0 Å². The number of aromatic nitrogens is 2. The van der Waals surface area contributed by atoms with Gasteiger partial charge in [-0.05, 0) is 82.2 Å². The lowest BCUT2D eigenvalue weighted by atomic mass is 9.94. The summed E-state index contributed by atoms with van der Waals surface area (Å²) in [4.78, 5) is 19.6. The van der Waals surface area contributed by atoms with E-state index in [4.69, 9.17) is 0 Å². The maximum atomic E-state index is 13.1. The first-order chi connectivity index (χ1) is 14.5. The molecule has 0 N–H and O–H groups in total. The molecule has 0 saturated carbocycles. The molecule has 2 fully saturated rings. The van der Waals surface area contributed by atoms with Crippen LogP contribution in [0.4, 0.5) is 10.2 Å². The highest BCUT2D eigenvalue weighted by Crippen LogP contribution is 2.26. The number of piperidine rings is 2. The Hall–Kier alpha value is -2.54. The molecule has 1 aromatic carbocycles. The van der Waals surface area contributed by atoms with Crippen molar-refractivity contribution in [2.75, 3.05) is 45.2 Å². The molecule has 0 bridgehead atoms. The second-order valence-corrected chi connectivity index (χ2v) is 8.55. The van der Waals surface area contributed by atoms with Crippen LogP contribution in [0.3, 0.4) is 0 Å². The summed E-state index contributed by atoms with van der Waals surface area (Å²) < 4.78 is 13.1. The summed E-state index contributed by atoms with van der Waals surface area (Å²) in [5.74, 6) is 0.782. The first kappa shape index (κ1) is 20.7. The Kier molecular flexibility index (Phi) is 6.27. The number of halogens is 1. The minimum Gasteiger partial charge on any atom is -0.354 e. The molecular weight excluding hydrogens is 381 g/mol. The average Bonchev–Trinajstić information content (AvgIpc) is 2.79. The summed E-state index contributed by atoms with van der Waals surface area (Å²) in [5.41, 5.74) is 1.55. The van der Waals surface area contributed by atoms with E-state index in [1.165, 1.54) is 12.1 Å². The summed E-state index contributed by atoms with van der Waals surface area (Å²) in [7, 11) is 4.11. The van der Waals surface area contributed by atoms with Crippen molar-refractivity contribution in [2.24, 2.45) is 5.92 Å². The van der Waals surface area contributed by atoms with Gasteiger partial charge in [-0.1, -0.05) is 0 Å². The molecule has 2 aromatic rings. The second kappa shape index (κ2) is 9.08. The smallest absolute Gasteiger partial charge is 0.227 e. The maximum absolute atomic E-state index is 13.1. The van der Waals surface area contributed by atoms with Crippen molar-refractivity contribution in [1.82, 2.24) is 20.0 Å². The summed E-state index contributed by atoms with van der Waals surface area (Å²) in [6.07, 6.45) is 3.99. The van der Waals surface area contributed by atoms with E-state index in [1.54, 1.807) is 12.1 Å². The van der Waals surface area contributed by atoms with Gasteiger partial charge < -0.3 is 14.7 Å². The van der Waals surface area contributed by atoms with Crippen molar-refractivity contribution in [1.29, 1.82) is 0 Å². The molecule has 2 aliphatic heterocycles. The number of nitrogens with zero attached hydrogens (tertiary/aromatic N) is 5. The molecule has 7 heteroatoms. The van der Waals surface area contributed by atoms with E-state index >= 15 is 0 Å². The Labute approximate surface area is 177 Å². The van der Waals surface area contributed by atoms with E-state index in [-0.39, 0.29) is 17.6 Å². The van der Waals surface area contributed by atoms with Crippen LogP contribution in [0.1, 0.15) is 25.7 Å². The molecule has 0 spiro atoms. The van der Waals surface area contributed by atoms with Crippen molar-refractivity contribution < 1.29 is 9.18 Å². The summed E-state index contributed by atoms with van der Waals surface area (Å²) >= 11 is 0. The fourth-order valence-electron chi connectivity index (χ4n) is 4.51. The van der Waals surface area contributed by atoms with Gasteiger partial charge in [-0.15, -0.1) is 10.2 Å². The number of carbonyl (C=O) groups excluding carboxylic acids is 1. The third kappa shape index (κ3) is 4.61. The molecule has 30 heavy (non-hydrogen) atoms. The van der Waals surface area contributed by atoms with Crippen LogP contribution in [0, 0.1) is 11.7 Å². The van der Waals surface area contributed by atoms with Gasteiger partial charge in [0, 0.05) is 31.7 Å². The van der Waals surface area contributed by atoms with Crippen LogP contribution in [-0.2, 0) is 4.79 Å². The molecule has 0 radical (unpaired) electrons. The van der Waals surface area contributed by atoms with Gasteiger partial charge in [0.05, 0.1) is 11.6 Å². The van der Waals surface area contributed by atoms with Gasteiger partial charge in [-0.25, -0.2) is 4.39 Å². The number of rotatable bonds is 4. The highest BCUT2D eigenvalue weighted by Gasteiger charge is 2.32. The lowest BCUT2D eigenvalue weighted by Crippen LogP contribution is -2.49. The number of carbonyl (C=O) groups is 1. The zero-order chi connectivity index (χ0) is 21.1. The minimum atomic E-state index is -0.266. The summed E-state index contributed by atoms with van der Waals surface area (Å²) in [6.45, 7) is 3.66. The fraction of sp³-hybridized carbons (Fsp3) is 0.522. The molecule has 2 saturated heterocycles. The molecule has 4 rings (SSSR count). The number of likely N-dealkylation sites (tertiary alicyclic amines) is 1. The van der Waals surface area contributed by atoms with Gasteiger partial charge in [0.2, 0.25) is 5.91 Å². The quantitative estimate of drug-likeness (QED) is 0.774. The largest absolute Gasteiger partial charge is 0.354 e. The SMILES string of the molecule is CN1CCC(N(C)C(=O)C2CCCN(c3ccc(-c4ccc(F)cc4)nn3)C2)CC1. The molecule has 0 aliphatic carbocycles. The first-order valence-corrected chi connectivity index (χ1v) is 10.8. The van der Waals surface area contributed by atoms with Gasteiger partial charge in [0.15, 0.2) is 5.82 Å². The Morgan fingerprint density at radius 3 is 2.43 bits per heavy atom. The van der Waals surface area contributed by atoms with Crippen LogP contribution >= 0.6 is 0 Å². The molecule has 6 nitrogen and oxygen atoms in total. The average molecular weight is 412 g/mol. The molecule has 1 atom stereocenters. The Morgan fingerprint density at radius 2 is 1.77 bits per heavy atom. The van der Waals surface area contributed by atoms with E-state index in [0.717, 1.165) is 56.7 Å². The van der Waals surface area contributed by atoms with Crippen LogP contribution in [0.2, 0.25) is 0 Å². The molecule has 3 heterocycles. The molecule has 1 amide bonds. The van der Waals surface area contributed by atoms with Gasteiger partial charge in [0.1, 0.15) is 5.82 Å². The Bertz CT molecular complexity index is 849. The fourth-order valence-corrected chi connectivity index (χ4v) is 4.51. The van der Waals surface area contributed by atoms with E-state index < -0.39 is 0 Å². The van der Waals surface area contributed by atoms with Gasteiger partial charge in [-0.3, -0.25) is 4.79 Å². The number of hydrogen-bond acceptors (Lipinski definition) is 5. The third-order valence-electron chi connectivity index (χ3n) is 6.47. The van der Waals surface area contributed by atoms with Crippen molar-refractivity contribution in [3.05, 3.63) is 42.2 Å². The maximum Gasteiger partial charge on any atom is 0.227 e. The predicted molar refractivity (Wildman–Crippen MR) is 116 cm³/mol. The highest BCUT2D eigenvalue weighted by atomic mass is 19.1. The normalized spacial score (nSPS) is 20.9. The lowest BCUT2D eigenvalue weighted by Gasteiger charge is -2.39. The van der Waals surface area contributed by atoms with Crippen molar-refractivity contribution >= 4 is 11.7 Å². The molecule has 2 aliphatic rings. The van der Waals surface area contributed by atoms with Crippen LogP contribution < -0.4 is 4.90 Å². The van der Waals surface area contributed by atoms with Crippen molar-refractivity contribution in [3.8, 4) is 11.3 Å². The van der Waals surface area contributed by atoms with Crippen LogP contribution in [0.5, 0.6) is 0 Å². The van der Waals surface area contributed by atoms with Crippen LogP contribution in [0.25, 0.3) is 11.3 Å². The zero-order valence-corrected chi connectivity index (χ0v) is 17.8. The molecule has 1 aromatic heterocycles. The Morgan fingerprint density at radius 1 is 1.03 bits per heavy atom. The predicted octanol–water partition coefficient (Wildman–Crippen LogP) is 3.05. The minimum absolute atomic E-state index is 0.00183. The summed E-state index contributed by atoms with van der Waals surface area (Å²) in [5, 5.41) is 8.71. The molecule has 160 valence electrons. The Balaban J connectivity index is 1.39. The topological polar surface area (TPSA) is 52.6 Å². The number of hydrogen-bond donors (Lipinski definition) is 0. The van der Waals surface area contributed by atoms with E-state index in [9.17, 15) is 9.18 Å². The zero-order valence-electron chi connectivity index (χ0n) is 17.8. The first-order valence-electron chi connectivity index (χ1n) is 10.8. The number of anilines is 1. The number of benzene rings is 1. The summed E-state index contributed by atoms with van der Waals surface area (Å²) in [6, 6.07) is 10.4. The van der Waals surface area contributed by atoms with E-state index in [0.29, 0.717) is 18.3 Å². The van der Waals surface area contributed by atoms with Crippen molar-refractivity contribution in [3.63, 3.8) is 0 Å². The third-order valence-corrected chi connectivity index (χ3v) is 6.47. The van der Waals surface area contributed by atoms with Gasteiger partial charge in [0.25, 0.3) is 0 Å². The van der Waals surface area contributed by atoms with Crippen molar-refractivity contribution in [2.45, 2.75) is 31.7 Å². The van der Waals surface area contributed by atoms with E-state index in [1.807, 2.05) is 24.1 Å². The second-order valence-electron chi connectivity index (χ2n) is 8.55. The number of amides is 1. The molecular formula is C23H30FN5O. The monoisotopic (exact) mass is 411 g/mol. The highest BCUT2D eigenvalue weighted by molar-refractivity contribution is 5.80. The van der Waals surface area contributed by atoms with Crippen LogP contribution in [0.15, 0.2) is 36.4 Å². The standard InChI is InChI=1S/C23H30FN5O/c1-27-14-11-20(12-15-27)28(2)23(30)18-4-3-13-29(16-18)22-10-9-21(25-26-22)17-5-7-19(24)8-6-17/h5-10,18,20H,3-4,11-16H2,1-2H3. The lowest BCUT2D eigenvalue weighted by molar-refractivity contribution is -0.137. The molecule has 1 unspecified atom stereocenters. The van der Waals surface area contributed by atoms with E-state index in [2.05, 4.69) is 27.0 Å².